The standard InChI is InChI=1S/C21H28N2O/c1-18-14-22(15-19-8-4-2-5-9-19)12-13-23(17-21(18)24)16-20-10-6-3-7-11-20/h2-11,18,21,24H,12-17H2,1H3/t18-,21+/m0/s1. The van der Waals surface area contributed by atoms with Gasteiger partial charge in [0, 0.05) is 39.3 Å². The summed E-state index contributed by atoms with van der Waals surface area (Å²) in [5.41, 5.74) is 2.65. The molecule has 1 fully saturated rings. The zero-order chi connectivity index (χ0) is 16.8. The molecule has 1 aliphatic heterocycles. The number of β-amino-alcohol motifs (C(OH)–C–C–N with tert-alkyl or cyclic N) is 1. The molecule has 128 valence electrons. The first-order valence-electron chi connectivity index (χ1n) is 8.91. The minimum absolute atomic E-state index is 0.271. The number of hydrogen-bond acceptors (Lipinski definition) is 3. The molecule has 0 aromatic heterocycles. The van der Waals surface area contributed by atoms with Gasteiger partial charge in [-0.25, -0.2) is 0 Å². The third-order valence-corrected chi connectivity index (χ3v) is 4.88. The van der Waals surface area contributed by atoms with Crippen LogP contribution in [0.15, 0.2) is 60.7 Å². The lowest BCUT2D eigenvalue weighted by atomic mass is 10.0. The summed E-state index contributed by atoms with van der Waals surface area (Å²) in [5.74, 6) is 0.285. The zero-order valence-electron chi connectivity index (χ0n) is 14.5. The van der Waals surface area contributed by atoms with E-state index < -0.39 is 0 Å². The fourth-order valence-electron chi connectivity index (χ4n) is 3.41. The van der Waals surface area contributed by atoms with E-state index in [1.807, 2.05) is 0 Å². The van der Waals surface area contributed by atoms with Gasteiger partial charge in [0.1, 0.15) is 0 Å². The molecule has 2 aromatic carbocycles. The molecule has 3 nitrogen and oxygen atoms in total. The molecule has 0 bridgehead atoms. The highest BCUT2D eigenvalue weighted by molar-refractivity contribution is 5.15. The summed E-state index contributed by atoms with van der Waals surface area (Å²) in [4.78, 5) is 4.86. The largest absolute Gasteiger partial charge is 0.391 e. The van der Waals surface area contributed by atoms with Gasteiger partial charge in [0.05, 0.1) is 6.10 Å². The molecular weight excluding hydrogens is 296 g/mol. The van der Waals surface area contributed by atoms with Crippen LogP contribution in [-0.4, -0.2) is 47.2 Å². The minimum atomic E-state index is -0.271. The molecule has 2 aromatic rings. The third-order valence-electron chi connectivity index (χ3n) is 4.88. The lowest BCUT2D eigenvalue weighted by molar-refractivity contribution is 0.0241. The number of aliphatic hydroxyl groups excluding tert-OH is 1. The van der Waals surface area contributed by atoms with Crippen LogP contribution in [0.25, 0.3) is 0 Å². The van der Waals surface area contributed by atoms with Gasteiger partial charge in [-0.15, -0.1) is 0 Å². The summed E-state index contributed by atoms with van der Waals surface area (Å²) in [6.45, 7) is 7.77. The van der Waals surface area contributed by atoms with E-state index in [9.17, 15) is 5.11 Å². The molecule has 3 rings (SSSR count). The van der Waals surface area contributed by atoms with Crippen LogP contribution in [0, 0.1) is 5.92 Å². The normalized spacial score (nSPS) is 23.6. The summed E-state index contributed by atoms with van der Waals surface area (Å²) in [6.07, 6.45) is -0.271. The van der Waals surface area contributed by atoms with Crippen molar-refractivity contribution in [3.8, 4) is 0 Å². The van der Waals surface area contributed by atoms with Crippen LogP contribution >= 0.6 is 0 Å². The van der Waals surface area contributed by atoms with Crippen LogP contribution < -0.4 is 0 Å². The van der Waals surface area contributed by atoms with Gasteiger partial charge >= 0.3 is 0 Å². The number of rotatable bonds is 4. The Balaban J connectivity index is 1.65. The third kappa shape index (κ3) is 4.91. The van der Waals surface area contributed by atoms with Gasteiger partial charge in [-0.2, -0.15) is 0 Å². The second-order valence-corrected chi connectivity index (χ2v) is 6.99. The maximum atomic E-state index is 10.5. The predicted molar refractivity (Wildman–Crippen MR) is 98.6 cm³/mol. The highest BCUT2D eigenvalue weighted by Gasteiger charge is 2.24. The molecule has 3 heteroatoms. The van der Waals surface area contributed by atoms with Crippen molar-refractivity contribution in [1.29, 1.82) is 0 Å². The number of benzene rings is 2. The van der Waals surface area contributed by atoms with Crippen molar-refractivity contribution in [1.82, 2.24) is 9.80 Å². The highest BCUT2D eigenvalue weighted by atomic mass is 16.3. The fraction of sp³-hybridized carbons (Fsp3) is 0.429. The summed E-state index contributed by atoms with van der Waals surface area (Å²) >= 11 is 0. The Hall–Kier alpha value is -1.68. The first-order valence-corrected chi connectivity index (χ1v) is 8.91. The van der Waals surface area contributed by atoms with Gasteiger partial charge in [-0.05, 0) is 17.0 Å². The summed E-state index contributed by atoms with van der Waals surface area (Å²) in [5, 5.41) is 10.5. The molecule has 2 atom stereocenters. The maximum Gasteiger partial charge on any atom is 0.0704 e. The maximum absolute atomic E-state index is 10.5. The van der Waals surface area contributed by atoms with E-state index in [0.717, 1.165) is 39.3 Å². The van der Waals surface area contributed by atoms with Crippen molar-refractivity contribution < 1.29 is 5.11 Å². The van der Waals surface area contributed by atoms with Crippen molar-refractivity contribution in [2.45, 2.75) is 26.1 Å². The monoisotopic (exact) mass is 324 g/mol. The zero-order valence-corrected chi connectivity index (χ0v) is 14.5. The van der Waals surface area contributed by atoms with Crippen LogP contribution in [0.3, 0.4) is 0 Å². The van der Waals surface area contributed by atoms with E-state index in [2.05, 4.69) is 77.4 Å². The van der Waals surface area contributed by atoms with Crippen molar-refractivity contribution in [2.75, 3.05) is 26.2 Å². The van der Waals surface area contributed by atoms with Gasteiger partial charge in [0.25, 0.3) is 0 Å². The van der Waals surface area contributed by atoms with Crippen molar-refractivity contribution in [2.24, 2.45) is 5.92 Å². The van der Waals surface area contributed by atoms with Crippen molar-refractivity contribution in [3.05, 3.63) is 71.8 Å². The molecule has 1 aliphatic rings. The smallest absolute Gasteiger partial charge is 0.0704 e. The molecule has 1 N–H and O–H groups in total. The van der Waals surface area contributed by atoms with Crippen molar-refractivity contribution in [3.63, 3.8) is 0 Å². The van der Waals surface area contributed by atoms with E-state index in [1.54, 1.807) is 0 Å². The van der Waals surface area contributed by atoms with E-state index in [1.165, 1.54) is 11.1 Å². The SMILES string of the molecule is C[C@H]1CN(Cc2ccccc2)CCN(Cc2ccccc2)C[C@H]1O. The Morgan fingerprint density at radius 2 is 1.25 bits per heavy atom. The van der Waals surface area contributed by atoms with Crippen LogP contribution in [-0.2, 0) is 13.1 Å². The summed E-state index contributed by atoms with van der Waals surface area (Å²) < 4.78 is 0. The van der Waals surface area contributed by atoms with Gasteiger partial charge in [0.15, 0.2) is 0 Å². The molecule has 0 unspecified atom stereocenters. The molecule has 0 spiro atoms. The Morgan fingerprint density at radius 1 is 0.792 bits per heavy atom. The lowest BCUT2D eigenvalue weighted by Gasteiger charge is -2.36. The van der Waals surface area contributed by atoms with E-state index in [4.69, 9.17) is 0 Å². The average molecular weight is 324 g/mol. The fourth-order valence-corrected chi connectivity index (χ4v) is 3.41. The quantitative estimate of drug-likeness (QED) is 0.936. The highest BCUT2D eigenvalue weighted by Crippen LogP contribution is 2.16. The van der Waals surface area contributed by atoms with Crippen LogP contribution in [0.4, 0.5) is 0 Å². The van der Waals surface area contributed by atoms with Crippen LogP contribution in [0.2, 0.25) is 0 Å². The molecule has 0 saturated carbocycles. The first-order chi connectivity index (χ1) is 11.7. The van der Waals surface area contributed by atoms with Crippen LogP contribution in [0.1, 0.15) is 18.1 Å². The van der Waals surface area contributed by atoms with Gasteiger partial charge < -0.3 is 5.11 Å². The number of hydrogen-bond donors (Lipinski definition) is 1. The van der Waals surface area contributed by atoms with Crippen molar-refractivity contribution >= 4 is 0 Å². The Morgan fingerprint density at radius 3 is 1.75 bits per heavy atom. The first kappa shape index (κ1) is 17.2. The van der Waals surface area contributed by atoms with E-state index >= 15 is 0 Å². The van der Waals surface area contributed by atoms with Gasteiger partial charge in [-0.3, -0.25) is 9.80 Å². The van der Waals surface area contributed by atoms with E-state index in [0.29, 0.717) is 0 Å². The Labute approximate surface area is 145 Å². The molecule has 1 heterocycles. The summed E-state index contributed by atoms with van der Waals surface area (Å²) in [7, 11) is 0. The Bertz CT molecular complexity index is 546. The number of aliphatic hydroxyl groups is 1. The molecular formula is C21H28N2O. The lowest BCUT2D eigenvalue weighted by Crippen LogP contribution is -2.47. The van der Waals surface area contributed by atoms with Crippen LogP contribution in [0.5, 0.6) is 0 Å². The average Bonchev–Trinajstić information content (AvgIpc) is 2.60. The Kier molecular flexibility index (Phi) is 6.02. The second kappa shape index (κ2) is 8.43. The molecule has 1 saturated heterocycles. The molecule has 0 radical (unpaired) electrons. The summed E-state index contributed by atoms with van der Waals surface area (Å²) in [6, 6.07) is 21.2. The molecule has 0 amide bonds. The van der Waals surface area contributed by atoms with E-state index in [-0.39, 0.29) is 12.0 Å². The molecule has 0 aliphatic carbocycles. The van der Waals surface area contributed by atoms with Gasteiger partial charge in [0.2, 0.25) is 0 Å². The topological polar surface area (TPSA) is 26.7 Å². The molecule has 24 heavy (non-hydrogen) atoms. The number of nitrogens with zero attached hydrogens (tertiary/aromatic N) is 2. The second-order valence-electron chi connectivity index (χ2n) is 6.99. The predicted octanol–water partition coefficient (Wildman–Crippen LogP) is 3.00. The minimum Gasteiger partial charge on any atom is -0.391 e. The van der Waals surface area contributed by atoms with Gasteiger partial charge in [-0.1, -0.05) is 67.6 Å².